The molecule has 3 unspecified atom stereocenters. The Balaban J connectivity index is 1.81. The van der Waals surface area contributed by atoms with Gasteiger partial charge in [0.05, 0.1) is 0 Å². The quantitative estimate of drug-likeness (QED) is 0.835. The lowest BCUT2D eigenvalue weighted by atomic mass is 10.1. The van der Waals surface area contributed by atoms with E-state index in [4.69, 9.17) is 5.73 Å². The van der Waals surface area contributed by atoms with Gasteiger partial charge in [0.1, 0.15) is 0 Å². The van der Waals surface area contributed by atoms with Crippen LogP contribution in [-0.4, -0.2) is 17.6 Å². The molecule has 1 aliphatic heterocycles. The third-order valence-corrected chi connectivity index (χ3v) is 4.85. The summed E-state index contributed by atoms with van der Waals surface area (Å²) in [5.74, 6) is 0.928. The predicted molar refractivity (Wildman–Crippen MR) is 63.2 cm³/mol. The monoisotopic (exact) mass is 223 g/mol. The first-order chi connectivity index (χ1) is 7.24. The number of fused-ring (bicyclic) bond motifs is 2. The molecule has 1 saturated heterocycles. The molecule has 15 heavy (non-hydrogen) atoms. The van der Waals surface area contributed by atoms with Crippen molar-refractivity contribution in [2.45, 2.75) is 38.3 Å². The van der Waals surface area contributed by atoms with E-state index in [0.717, 1.165) is 12.0 Å². The smallest absolute Gasteiger partial charge is 0.185 e. The maximum Gasteiger partial charge on any atom is 0.185 e. The average molecular weight is 223 g/mol. The van der Waals surface area contributed by atoms with E-state index < -0.39 is 0 Å². The van der Waals surface area contributed by atoms with Crippen LogP contribution in [0, 0.1) is 5.92 Å². The molecular formula is C11H17N3S. The Labute approximate surface area is 94.3 Å². The van der Waals surface area contributed by atoms with E-state index >= 15 is 0 Å². The molecule has 1 aromatic rings. The zero-order valence-electron chi connectivity index (χ0n) is 9.02. The summed E-state index contributed by atoms with van der Waals surface area (Å²) >= 11 is 1.77. The Morgan fingerprint density at radius 2 is 2.47 bits per heavy atom. The van der Waals surface area contributed by atoms with Crippen molar-refractivity contribution in [2.24, 2.45) is 11.7 Å². The minimum absolute atomic E-state index is 0.121. The summed E-state index contributed by atoms with van der Waals surface area (Å²) in [6.07, 6.45) is 6.11. The third kappa shape index (κ3) is 1.56. The molecule has 0 aromatic carbocycles. The highest BCUT2D eigenvalue weighted by Gasteiger charge is 2.38. The summed E-state index contributed by atoms with van der Waals surface area (Å²) in [4.78, 5) is 8.20. The first-order valence-electron chi connectivity index (χ1n) is 5.72. The fraction of sp³-hybridized carbons (Fsp3) is 0.727. The van der Waals surface area contributed by atoms with Crippen molar-refractivity contribution in [3.05, 3.63) is 11.1 Å². The Kier molecular flexibility index (Phi) is 2.21. The van der Waals surface area contributed by atoms with Gasteiger partial charge in [-0.15, -0.1) is 11.3 Å². The second kappa shape index (κ2) is 3.46. The molecule has 0 amide bonds. The number of piperidine rings is 1. The van der Waals surface area contributed by atoms with Crippen LogP contribution in [0.3, 0.4) is 0 Å². The van der Waals surface area contributed by atoms with Gasteiger partial charge in [0.2, 0.25) is 0 Å². The average Bonchev–Trinajstić information content (AvgIpc) is 2.93. The molecule has 0 radical (unpaired) electrons. The number of nitrogens with two attached hydrogens (primary N) is 1. The maximum absolute atomic E-state index is 5.85. The Morgan fingerprint density at radius 3 is 3.00 bits per heavy atom. The summed E-state index contributed by atoms with van der Waals surface area (Å²) in [5.41, 5.74) is 5.85. The van der Waals surface area contributed by atoms with Crippen molar-refractivity contribution in [1.82, 2.24) is 4.98 Å². The molecule has 4 heteroatoms. The van der Waals surface area contributed by atoms with Gasteiger partial charge in [-0.1, -0.05) is 0 Å². The number of thiazole rings is 1. The van der Waals surface area contributed by atoms with Crippen molar-refractivity contribution < 1.29 is 0 Å². The largest absolute Gasteiger partial charge is 0.345 e. The van der Waals surface area contributed by atoms with Crippen molar-refractivity contribution >= 4 is 16.5 Å². The number of hydrogen-bond donors (Lipinski definition) is 1. The van der Waals surface area contributed by atoms with Crippen LogP contribution in [0.1, 0.15) is 37.1 Å². The fourth-order valence-electron chi connectivity index (χ4n) is 2.78. The number of anilines is 1. The molecule has 1 saturated carbocycles. The van der Waals surface area contributed by atoms with Crippen LogP contribution < -0.4 is 10.6 Å². The highest BCUT2D eigenvalue weighted by molar-refractivity contribution is 7.15. The minimum Gasteiger partial charge on any atom is -0.345 e. The highest BCUT2D eigenvalue weighted by atomic mass is 32.1. The molecule has 2 bridgehead atoms. The molecule has 2 heterocycles. The van der Waals surface area contributed by atoms with Gasteiger partial charge in [0.15, 0.2) is 5.13 Å². The topological polar surface area (TPSA) is 42.1 Å². The lowest BCUT2D eigenvalue weighted by Crippen LogP contribution is -2.31. The SMILES string of the molecule is CC(N)c1cnc(N2CC3CCC2C3)s1. The van der Waals surface area contributed by atoms with E-state index in [2.05, 4.69) is 9.88 Å². The fourth-order valence-corrected chi connectivity index (χ4v) is 3.73. The van der Waals surface area contributed by atoms with Crippen LogP contribution >= 0.6 is 11.3 Å². The Bertz CT molecular complexity index is 360. The van der Waals surface area contributed by atoms with E-state index in [1.165, 1.54) is 35.8 Å². The molecule has 82 valence electrons. The normalized spacial score (nSPS) is 31.2. The van der Waals surface area contributed by atoms with E-state index in [1.807, 2.05) is 13.1 Å². The molecule has 3 atom stereocenters. The number of aromatic nitrogens is 1. The molecular weight excluding hydrogens is 206 g/mol. The van der Waals surface area contributed by atoms with Crippen molar-refractivity contribution in [1.29, 1.82) is 0 Å². The second-order valence-corrected chi connectivity index (χ2v) is 5.86. The van der Waals surface area contributed by atoms with E-state index in [0.29, 0.717) is 0 Å². The van der Waals surface area contributed by atoms with Gasteiger partial charge in [-0.05, 0) is 32.1 Å². The number of nitrogens with zero attached hydrogens (tertiary/aromatic N) is 2. The van der Waals surface area contributed by atoms with Gasteiger partial charge in [0, 0.05) is 29.7 Å². The summed E-state index contributed by atoms with van der Waals surface area (Å²) in [6, 6.07) is 0.887. The van der Waals surface area contributed by atoms with Crippen LogP contribution in [0.4, 0.5) is 5.13 Å². The van der Waals surface area contributed by atoms with Gasteiger partial charge >= 0.3 is 0 Å². The van der Waals surface area contributed by atoms with Gasteiger partial charge in [0.25, 0.3) is 0 Å². The number of rotatable bonds is 2. The van der Waals surface area contributed by atoms with Gasteiger partial charge < -0.3 is 10.6 Å². The molecule has 2 aliphatic rings. The van der Waals surface area contributed by atoms with Gasteiger partial charge in [-0.25, -0.2) is 4.98 Å². The van der Waals surface area contributed by atoms with Crippen LogP contribution in [-0.2, 0) is 0 Å². The summed E-state index contributed by atoms with van der Waals surface area (Å²) in [6.45, 7) is 3.24. The highest BCUT2D eigenvalue weighted by Crippen LogP contribution is 2.41. The molecule has 2 fully saturated rings. The second-order valence-electron chi connectivity index (χ2n) is 4.82. The molecule has 2 N–H and O–H groups in total. The lowest BCUT2D eigenvalue weighted by molar-refractivity contribution is 0.553. The lowest BCUT2D eigenvalue weighted by Gasteiger charge is -2.26. The summed E-state index contributed by atoms with van der Waals surface area (Å²) < 4.78 is 0. The van der Waals surface area contributed by atoms with Crippen molar-refractivity contribution in [2.75, 3.05) is 11.4 Å². The van der Waals surface area contributed by atoms with Crippen molar-refractivity contribution in [3.8, 4) is 0 Å². The molecule has 0 spiro atoms. The maximum atomic E-state index is 5.85. The van der Waals surface area contributed by atoms with Crippen molar-refractivity contribution in [3.63, 3.8) is 0 Å². The first-order valence-corrected chi connectivity index (χ1v) is 6.53. The van der Waals surface area contributed by atoms with E-state index in [1.54, 1.807) is 11.3 Å². The summed E-state index contributed by atoms with van der Waals surface area (Å²) in [5, 5.41) is 1.19. The zero-order chi connectivity index (χ0) is 10.4. The summed E-state index contributed by atoms with van der Waals surface area (Å²) in [7, 11) is 0. The molecule has 1 aliphatic carbocycles. The molecule has 3 rings (SSSR count). The van der Waals surface area contributed by atoms with E-state index in [-0.39, 0.29) is 6.04 Å². The van der Waals surface area contributed by atoms with Crippen LogP contribution in [0.5, 0.6) is 0 Å². The standard InChI is InChI=1S/C11H17N3S/c1-7(12)10-5-13-11(15-10)14-6-8-2-3-9(14)4-8/h5,7-9H,2-4,6,12H2,1H3. The zero-order valence-corrected chi connectivity index (χ0v) is 9.83. The molecule has 3 nitrogen and oxygen atoms in total. The third-order valence-electron chi connectivity index (χ3n) is 3.62. The Morgan fingerprint density at radius 1 is 1.60 bits per heavy atom. The van der Waals surface area contributed by atoms with Crippen LogP contribution in [0.2, 0.25) is 0 Å². The van der Waals surface area contributed by atoms with E-state index in [9.17, 15) is 0 Å². The predicted octanol–water partition coefficient (Wildman–Crippen LogP) is 2.15. The van der Waals surface area contributed by atoms with Gasteiger partial charge in [-0.3, -0.25) is 0 Å². The van der Waals surface area contributed by atoms with Crippen LogP contribution in [0.25, 0.3) is 0 Å². The number of hydrogen-bond acceptors (Lipinski definition) is 4. The van der Waals surface area contributed by atoms with Gasteiger partial charge in [-0.2, -0.15) is 0 Å². The van der Waals surface area contributed by atoms with Crippen LogP contribution in [0.15, 0.2) is 6.20 Å². The first kappa shape index (κ1) is 9.60. The Hall–Kier alpha value is -0.610. The minimum atomic E-state index is 0.121. The molecule has 1 aromatic heterocycles.